The summed E-state index contributed by atoms with van der Waals surface area (Å²) < 4.78 is 0. The first-order valence-corrected chi connectivity index (χ1v) is 5.31. The Balaban J connectivity index is 2.11. The minimum absolute atomic E-state index is 0.871. The van der Waals surface area contributed by atoms with E-state index in [1.807, 2.05) is 0 Å². The van der Waals surface area contributed by atoms with Crippen LogP contribution < -0.4 is 10.6 Å². The molecule has 1 saturated heterocycles. The van der Waals surface area contributed by atoms with Gasteiger partial charge in [-0.3, -0.25) is 0 Å². The summed E-state index contributed by atoms with van der Waals surface area (Å²) in [5.74, 6) is 0.871. The van der Waals surface area contributed by atoms with Crippen molar-refractivity contribution in [2.24, 2.45) is 5.92 Å². The highest BCUT2D eigenvalue weighted by molar-refractivity contribution is 5.69. The number of nitrogen functional groups attached to an aromatic ring is 1. The molecule has 1 aliphatic rings. The van der Waals surface area contributed by atoms with Gasteiger partial charge in [-0.15, -0.1) is 0 Å². The van der Waals surface area contributed by atoms with E-state index in [0.717, 1.165) is 11.6 Å². The minimum Gasteiger partial charge on any atom is -0.397 e. The highest BCUT2D eigenvalue weighted by atomic mass is 15.2. The number of hydrogen-bond donors (Lipinski definition) is 1. The van der Waals surface area contributed by atoms with E-state index in [0.29, 0.717) is 0 Å². The molecule has 2 rings (SSSR count). The van der Waals surface area contributed by atoms with Crippen molar-refractivity contribution in [2.75, 3.05) is 23.7 Å². The van der Waals surface area contributed by atoms with Crippen molar-refractivity contribution in [1.29, 1.82) is 0 Å². The summed E-state index contributed by atoms with van der Waals surface area (Å²) in [6, 6.07) is 6.32. The largest absolute Gasteiger partial charge is 0.397 e. The third kappa shape index (κ3) is 1.57. The number of rotatable bonds is 2. The van der Waals surface area contributed by atoms with Crippen LogP contribution in [-0.2, 0) is 0 Å². The average Bonchev–Trinajstić information content (AvgIpc) is 2.06. The molecule has 2 nitrogen and oxygen atoms in total. The molecule has 2 heteroatoms. The lowest BCUT2D eigenvalue weighted by atomic mass is 9.96. The van der Waals surface area contributed by atoms with E-state index >= 15 is 0 Å². The summed E-state index contributed by atoms with van der Waals surface area (Å²) in [6.45, 7) is 6.67. The first kappa shape index (κ1) is 9.38. The number of aryl methyl sites for hydroxylation is 1. The Morgan fingerprint density at radius 3 is 2.71 bits per heavy atom. The molecule has 1 fully saturated rings. The Bertz CT molecular complexity index is 327. The Labute approximate surface area is 85.7 Å². The predicted molar refractivity (Wildman–Crippen MR) is 61.6 cm³/mol. The van der Waals surface area contributed by atoms with Gasteiger partial charge in [0.05, 0.1) is 11.4 Å². The van der Waals surface area contributed by atoms with Crippen molar-refractivity contribution in [2.45, 2.75) is 20.3 Å². The number of nitrogens with zero attached hydrogens (tertiary/aromatic N) is 1. The number of anilines is 2. The van der Waals surface area contributed by atoms with E-state index in [-0.39, 0.29) is 0 Å². The second-order valence-corrected chi connectivity index (χ2v) is 4.24. The van der Waals surface area contributed by atoms with Crippen molar-refractivity contribution in [3.05, 3.63) is 23.8 Å². The maximum atomic E-state index is 5.98. The molecule has 0 unspecified atom stereocenters. The number of benzene rings is 1. The molecule has 0 aliphatic carbocycles. The summed E-state index contributed by atoms with van der Waals surface area (Å²) in [7, 11) is 0. The monoisotopic (exact) mass is 190 g/mol. The zero-order chi connectivity index (χ0) is 10.1. The standard InChI is InChI=1S/C12H18N2/c1-3-10-7-14(8-10)12-5-4-9(2)6-11(12)13/h4-6,10H,3,7-8,13H2,1-2H3. The molecule has 0 amide bonds. The third-order valence-electron chi connectivity index (χ3n) is 3.06. The lowest BCUT2D eigenvalue weighted by molar-refractivity contribution is 0.399. The van der Waals surface area contributed by atoms with E-state index in [2.05, 4.69) is 36.9 Å². The van der Waals surface area contributed by atoms with Crippen molar-refractivity contribution in [3.63, 3.8) is 0 Å². The van der Waals surface area contributed by atoms with Crippen molar-refractivity contribution in [3.8, 4) is 0 Å². The Morgan fingerprint density at radius 2 is 2.14 bits per heavy atom. The first-order valence-electron chi connectivity index (χ1n) is 5.31. The lowest BCUT2D eigenvalue weighted by Gasteiger charge is -2.41. The van der Waals surface area contributed by atoms with Gasteiger partial charge in [-0.1, -0.05) is 13.0 Å². The zero-order valence-corrected chi connectivity index (χ0v) is 8.96. The molecule has 0 atom stereocenters. The molecule has 0 spiro atoms. The van der Waals surface area contributed by atoms with Gasteiger partial charge < -0.3 is 10.6 Å². The molecule has 2 N–H and O–H groups in total. The zero-order valence-electron chi connectivity index (χ0n) is 8.96. The highest BCUT2D eigenvalue weighted by Crippen LogP contribution is 2.31. The molecule has 1 aliphatic heterocycles. The topological polar surface area (TPSA) is 29.3 Å². The van der Waals surface area contributed by atoms with Crippen LogP contribution in [0.4, 0.5) is 11.4 Å². The van der Waals surface area contributed by atoms with Gasteiger partial charge in [0.25, 0.3) is 0 Å². The van der Waals surface area contributed by atoms with Crippen LogP contribution in [0.2, 0.25) is 0 Å². The van der Waals surface area contributed by atoms with Crippen LogP contribution in [-0.4, -0.2) is 13.1 Å². The van der Waals surface area contributed by atoms with Crippen LogP contribution in [0.1, 0.15) is 18.9 Å². The molecule has 0 bridgehead atoms. The van der Waals surface area contributed by atoms with Crippen LogP contribution >= 0.6 is 0 Å². The molecular formula is C12H18N2. The SMILES string of the molecule is CCC1CN(c2ccc(C)cc2N)C1. The summed E-state index contributed by atoms with van der Waals surface area (Å²) in [6.07, 6.45) is 1.28. The van der Waals surface area contributed by atoms with Crippen molar-refractivity contribution >= 4 is 11.4 Å². The maximum Gasteiger partial charge on any atom is 0.0600 e. The summed E-state index contributed by atoms with van der Waals surface area (Å²) in [5.41, 5.74) is 9.34. The van der Waals surface area contributed by atoms with Crippen molar-refractivity contribution < 1.29 is 0 Å². The normalized spacial score (nSPS) is 16.9. The quantitative estimate of drug-likeness (QED) is 0.726. The number of hydrogen-bond acceptors (Lipinski definition) is 2. The van der Waals surface area contributed by atoms with Crippen LogP contribution in [0.15, 0.2) is 18.2 Å². The molecular weight excluding hydrogens is 172 g/mol. The van der Waals surface area contributed by atoms with Crippen molar-refractivity contribution in [1.82, 2.24) is 0 Å². The van der Waals surface area contributed by atoms with Crippen LogP contribution in [0.25, 0.3) is 0 Å². The maximum absolute atomic E-state index is 5.98. The van der Waals surface area contributed by atoms with Crippen LogP contribution in [0.5, 0.6) is 0 Å². The van der Waals surface area contributed by atoms with Gasteiger partial charge in [-0.05, 0) is 37.0 Å². The summed E-state index contributed by atoms with van der Waals surface area (Å²) >= 11 is 0. The van der Waals surface area contributed by atoms with E-state index in [4.69, 9.17) is 5.73 Å². The lowest BCUT2D eigenvalue weighted by Crippen LogP contribution is -2.46. The molecule has 1 aromatic carbocycles. The van der Waals surface area contributed by atoms with Gasteiger partial charge in [0.15, 0.2) is 0 Å². The van der Waals surface area contributed by atoms with Gasteiger partial charge in [0.1, 0.15) is 0 Å². The van der Waals surface area contributed by atoms with Gasteiger partial charge in [-0.25, -0.2) is 0 Å². The fourth-order valence-corrected chi connectivity index (χ4v) is 1.99. The van der Waals surface area contributed by atoms with Gasteiger partial charge in [0.2, 0.25) is 0 Å². The van der Waals surface area contributed by atoms with Crippen LogP contribution in [0, 0.1) is 12.8 Å². The first-order chi connectivity index (χ1) is 6.70. The van der Waals surface area contributed by atoms with E-state index < -0.39 is 0 Å². The minimum atomic E-state index is 0.871. The Hall–Kier alpha value is -1.18. The molecule has 0 saturated carbocycles. The summed E-state index contributed by atoms with van der Waals surface area (Å²) in [4.78, 5) is 2.36. The third-order valence-corrected chi connectivity index (χ3v) is 3.06. The van der Waals surface area contributed by atoms with E-state index in [1.54, 1.807) is 0 Å². The smallest absolute Gasteiger partial charge is 0.0600 e. The molecule has 1 heterocycles. The summed E-state index contributed by atoms with van der Waals surface area (Å²) in [5, 5.41) is 0. The van der Waals surface area contributed by atoms with Crippen LogP contribution in [0.3, 0.4) is 0 Å². The predicted octanol–water partition coefficient (Wildman–Crippen LogP) is 2.42. The fraction of sp³-hybridized carbons (Fsp3) is 0.500. The molecule has 76 valence electrons. The second kappa shape index (κ2) is 3.52. The molecule has 0 aromatic heterocycles. The average molecular weight is 190 g/mol. The van der Waals surface area contributed by atoms with E-state index in [9.17, 15) is 0 Å². The van der Waals surface area contributed by atoms with Gasteiger partial charge in [-0.2, -0.15) is 0 Å². The van der Waals surface area contributed by atoms with Gasteiger partial charge >= 0.3 is 0 Å². The van der Waals surface area contributed by atoms with E-state index in [1.165, 1.54) is 30.8 Å². The Kier molecular flexibility index (Phi) is 2.36. The number of nitrogens with two attached hydrogens (primary N) is 1. The van der Waals surface area contributed by atoms with Gasteiger partial charge in [0, 0.05) is 13.1 Å². The highest BCUT2D eigenvalue weighted by Gasteiger charge is 2.26. The second-order valence-electron chi connectivity index (χ2n) is 4.24. The Morgan fingerprint density at radius 1 is 1.43 bits per heavy atom. The molecule has 1 aromatic rings. The molecule has 14 heavy (non-hydrogen) atoms. The fourth-order valence-electron chi connectivity index (χ4n) is 1.99. The molecule has 0 radical (unpaired) electrons.